The lowest BCUT2D eigenvalue weighted by molar-refractivity contribution is 0.294. The lowest BCUT2D eigenvalue weighted by Crippen LogP contribution is -1.98. The molecular weight excluding hydrogens is 264 g/mol. The topological polar surface area (TPSA) is 47.1 Å². The predicted molar refractivity (Wildman–Crippen MR) is 83.9 cm³/mol. The molecule has 0 spiro atoms. The molecular formula is C17H18N2O2. The number of aromatic amines is 1. The molecule has 21 heavy (non-hydrogen) atoms. The number of rotatable bonds is 5. The highest BCUT2D eigenvalue weighted by Gasteiger charge is 2.10. The van der Waals surface area contributed by atoms with Crippen LogP contribution in [0, 0.1) is 0 Å². The van der Waals surface area contributed by atoms with E-state index in [4.69, 9.17) is 9.47 Å². The van der Waals surface area contributed by atoms with Crippen LogP contribution in [-0.4, -0.2) is 23.7 Å². The van der Waals surface area contributed by atoms with E-state index < -0.39 is 0 Å². The van der Waals surface area contributed by atoms with Crippen LogP contribution in [0.4, 0.5) is 0 Å². The van der Waals surface area contributed by atoms with Crippen LogP contribution in [-0.2, 0) is 0 Å². The summed E-state index contributed by atoms with van der Waals surface area (Å²) in [6, 6.07) is 13.8. The van der Waals surface area contributed by atoms with Crippen molar-refractivity contribution in [3.63, 3.8) is 0 Å². The minimum atomic E-state index is 0.667. The summed E-state index contributed by atoms with van der Waals surface area (Å²) in [7, 11) is 1.65. The van der Waals surface area contributed by atoms with Gasteiger partial charge in [-0.15, -0.1) is 0 Å². The van der Waals surface area contributed by atoms with Gasteiger partial charge in [0.2, 0.25) is 0 Å². The second-order valence-electron chi connectivity index (χ2n) is 4.82. The van der Waals surface area contributed by atoms with Crippen LogP contribution in [0.1, 0.15) is 13.3 Å². The largest absolute Gasteiger partial charge is 0.493 e. The predicted octanol–water partition coefficient (Wildman–Crippen LogP) is 4.03. The van der Waals surface area contributed by atoms with Crippen LogP contribution in [0.2, 0.25) is 0 Å². The Morgan fingerprint density at radius 1 is 1.10 bits per heavy atom. The zero-order valence-corrected chi connectivity index (χ0v) is 12.2. The minimum Gasteiger partial charge on any atom is -0.493 e. The van der Waals surface area contributed by atoms with E-state index in [0.717, 1.165) is 40.3 Å². The Morgan fingerprint density at radius 2 is 1.95 bits per heavy atom. The monoisotopic (exact) mass is 282 g/mol. The lowest BCUT2D eigenvalue weighted by atomic mass is 10.2. The number of nitrogens with zero attached hydrogens (tertiary/aromatic N) is 1. The van der Waals surface area contributed by atoms with E-state index in [2.05, 4.69) is 16.9 Å². The van der Waals surface area contributed by atoms with Crippen molar-refractivity contribution in [1.29, 1.82) is 0 Å². The van der Waals surface area contributed by atoms with E-state index in [1.165, 1.54) is 0 Å². The number of hydrogen-bond acceptors (Lipinski definition) is 3. The molecule has 2 aromatic carbocycles. The Bertz CT molecular complexity index is 716. The molecule has 0 aliphatic rings. The number of para-hydroxylation sites is 2. The van der Waals surface area contributed by atoms with Gasteiger partial charge >= 0.3 is 0 Å². The molecule has 1 heterocycles. The molecule has 0 aliphatic heterocycles. The number of hydrogen-bond donors (Lipinski definition) is 1. The Kier molecular flexibility index (Phi) is 3.77. The van der Waals surface area contributed by atoms with Crippen molar-refractivity contribution in [2.45, 2.75) is 13.3 Å². The number of ether oxygens (including phenoxy) is 2. The van der Waals surface area contributed by atoms with Gasteiger partial charge in [-0.1, -0.05) is 19.1 Å². The number of H-pyrrole nitrogens is 1. The van der Waals surface area contributed by atoms with Crippen molar-refractivity contribution in [1.82, 2.24) is 9.97 Å². The molecule has 0 bridgehead atoms. The van der Waals surface area contributed by atoms with Crippen molar-refractivity contribution in [3.8, 4) is 22.9 Å². The fourth-order valence-electron chi connectivity index (χ4n) is 2.24. The zero-order valence-electron chi connectivity index (χ0n) is 12.2. The standard InChI is InChI=1S/C17H18N2O2/c1-3-10-21-16-11-12(8-9-15(16)20-2)17-18-13-6-4-5-7-14(13)19-17/h4-9,11H,3,10H2,1-2H3,(H,18,19). The third-order valence-electron chi connectivity index (χ3n) is 3.29. The van der Waals surface area contributed by atoms with Gasteiger partial charge in [0, 0.05) is 5.56 Å². The van der Waals surface area contributed by atoms with Crippen LogP contribution < -0.4 is 9.47 Å². The number of benzene rings is 2. The fourth-order valence-corrected chi connectivity index (χ4v) is 2.24. The molecule has 0 saturated carbocycles. The molecule has 4 heteroatoms. The first kappa shape index (κ1) is 13.5. The summed E-state index contributed by atoms with van der Waals surface area (Å²) in [4.78, 5) is 7.93. The van der Waals surface area contributed by atoms with Crippen LogP contribution in [0.3, 0.4) is 0 Å². The Balaban J connectivity index is 2.01. The van der Waals surface area contributed by atoms with Gasteiger partial charge in [0.05, 0.1) is 24.8 Å². The number of nitrogens with one attached hydrogen (secondary N) is 1. The van der Waals surface area contributed by atoms with Gasteiger partial charge in [-0.25, -0.2) is 4.98 Å². The Labute approximate surface area is 123 Å². The van der Waals surface area contributed by atoms with E-state index in [1.807, 2.05) is 42.5 Å². The molecule has 0 unspecified atom stereocenters. The van der Waals surface area contributed by atoms with Gasteiger partial charge in [0.25, 0.3) is 0 Å². The smallest absolute Gasteiger partial charge is 0.161 e. The molecule has 3 aromatic rings. The summed E-state index contributed by atoms with van der Waals surface area (Å²) < 4.78 is 11.1. The fraction of sp³-hybridized carbons (Fsp3) is 0.235. The van der Waals surface area contributed by atoms with Gasteiger partial charge in [0.1, 0.15) is 5.82 Å². The van der Waals surface area contributed by atoms with Crippen LogP contribution in [0.15, 0.2) is 42.5 Å². The molecule has 0 fully saturated rings. The third-order valence-corrected chi connectivity index (χ3v) is 3.29. The highest BCUT2D eigenvalue weighted by atomic mass is 16.5. The molecule has 1 aromatic heterocycles. The molecule has 0 radical (unpaired) electrons. The first-order valence-corrected chi connectivity index (χ1v) is 7.07. The molecule has 0 saturated heterocycles. The van der Waals surface area contributed by atoms with Crippen molar-refractivity contribution in [2.75, 3.05) is 13.7 Å². The van der Waals surface area contributed by atoms with E-state index in [-0.39, 0.29) is 0 Å². The molecule has 0 atom stereocenters. The first-order valence-electron chi connectivity index (χ1n) is 7.07. The average Bonchev–Trinajstić information content (AvgIpc) is 2.96. The highest BCUT2D eigenvalue weighted by molar-refractivity contribution is 5.79. The van der Waals surface area contributed by atoms with E-state index in [1.54, 1.807) is 7.11 Å². The normalized spacial score (nSPS) is 10.8. The SMILES string of the molecule is CCCOc1cc(-c2nc3ccccc3[nH]2)ccc1OC. The highest BCUT2D eigenvalue weighted by Crippen LogP contribution is 2.32. The van der Waals surface area contributed by atoms with Crippen molar-refractivity contribution < 1.29 is 9.47 Å². The molecule has 4 nitrogen and oxygen atoms in total. The molecule has 0 aliphatic carbocycles. The number of fused-ring (bicyclic) bond motifs is 1. The summed E-state index contributed by atoms with van der Waals surface area (Å²) in [5, 5.41) is 0. The second-order valence-corrected chi connectivity index (χ2v) is 4.82. The molecule has 3 rings (SSSR count). The third kappa shape index (κ3) is 2.70. The number of imidazole rings is 1. The van der Waals surface area contributed by atoms with Crippen LogP contribution in [0.25, 0.3) is 22.4 Å². The number of methoxy groups -OCH3 is 1. The van der Waals surface area contributed by atoms with Crippen LogP contribution >= 0.6 is 0 Å². The maximum absolute atomic E-state index is 5.75. The summed E-state index contributed by atoms with van der Waals surface area (Å²) in [5.41, 5.74) is 2.97. The minimum absolute atomic E-state index is 0.667. The lowest BCUT2D eigenvalue weighted by Gasteiger charge is -2.11. The summed E-state index contributed by atoms with van der Waals surface area (Å²) >= 11 is 0. The summed E-state index contributed by atoms with van der Waals surface area (Å²) in [6.07, 6.45) is 0.956. The van der Waals surface area contributed by atoms with Gasteiger partial charge in [-0.3, -0.25) is 0 Å². The van der Waals surface area contributed by atoms with Gasteiger partial charge in [0.15, 0.2) is 11.5 Å². The van der Waals surface area contributed by atoms with E-state index in [9.17, 15) is 0 Å². The van der Waals surface area contributed by atoms with Crippen LogP contribution in [0.5, 0.6) is 11.5 Å². The van der Waals surface area contributed by atoms with Gasteiger partial charge < -0.3 is 14.5 Å². The van der Waals surface area contributed by atoms with Gasteiger partial charge in [-0.05, 0) is 36.8 Å². The molecule has 1 N–H and O–H groups in total. The summed E-state index contributed by atoms with van der Waals surface area (Å²) in [6.45, 7) is 2.75. The van der Waals surface area contributed by atoms with Crippen molar-refractivity contribution in [2.24, 2.45) is 0 Å². The molecule has 0 amide bonds. The maximum Gasteiger partial charge on any atom is 0.161 e. The van der Waals surface area contributed by atoms with E-state index in [0.29, 0.717) is 6.61 Å². The zero-order chi connectivity index (χ0) is 14.7. The quantitative estimate of drug-likeness (QED) is 0.768. The van der Waals surface area contributed by atoms with Gasteiger partial charge in [-0.2, -0.15) is 0 Å². The molecule has 108 valence electrons. The Hall–Kier alpha value is -2.49. The van der Waals surface area contributed by atoms with Crippen molar-refractivity contribution in [3.05, 3.63) is 42.5 Å². The van der Waals surface area contributed by atoms with E-state index >= 15 is 0 Å². The summed E-state index contributed by atoms with van der Waals surface area (Å²) in [5.74, 6) is 2.32. The van der Waals surface area contributed by atoms with Crippen molar-refractivity contribution >= 4 is 11.0 Å². The second kappa shape index (κ2) is 5.87. The average molecular weight is 282 g/mol. The number of aromatic nitrogens is 2. The Morgan fingerprint density at radius 3 is 2.71 bits per heavy atom. The first-order chi connectivity index (χ1) is 10.3. The maximum atomic E-state index is 5.75.